The SMILES string of the molecule is CCCNC(=O)CCC(=O)NC1CCCc2cc(N)ccc21.Cl. The van der Waals surface area contributed by atoms with Crippen molar-refractivity contribution in [2.24, 2.45) is 0 Å². The Bertz CT molecular complexity index is 549. The number of fused-ring (bicyclic) bond motifs is 1. The Labute approximate surface area is 143 Å². The number of nitrogens with two attached hydrogens (primary N) is 1. The molecule has 0 aromatic heterocycles. The molecule has 128 valence electrons. The zero-order chi connectivity index (χ0) is 15.9. The Kier molecular flexibility index (Phi) is 7.89. The van der Waals surface area contributed by atoms with Gasteiger partial charge in [-0.3, -0.25) is 9.59 Å². The number of hydrogen-bond acceptors (Lipinski definition) is 3. The summed E-state index contributed by atoms with van der Waals surface area (Å²) in [5.41, 5.74) is 8.96. The molecular formula is C17H26ClN3O2. The number of nitrogen functional groups attached to an aromatic ring is 1. The Morgan fingerprint density at radius 2 is 2.00 bits per heavy atom. The van der Waals surface area contributed by atoms with Gasteiger partial charge in [0.2, 0.25) is 11.8 Å². The van der Waals surface area contributed by atoms with Gasteiger partial charge in [0.05, 0.1) is 6.04 Å². The van der Waals surface area contributed by atoms with Crippen LogP contribution in [0.5, 0.6) is 0 Å². The van der Waals surface area contributed by atoms with Crippen LogP contribution in [-0.2, 0) is 16.0 Å². The van der Waals surface area contributed by atoms with E-state index in [4.69, 9.17) is 5.73 Å². The maximum absolute atomic E-state index is 12.1. The van der Waals surface area contributed by atoms with E-state index in [0.29, 0.717) is 6.54 Å². The smallest absolute Gasteiger partial charge is 0.220 e. The molecule has 1 aromatic rings. The number of benzene rings is 1. The summed E-state index contributed by atoms with van der Waals surface area (Å²) in [7, 11) is 0. The second kappa shape index (κ2) is 9.40. The zero-order valence-electron chi connectivity index (χ0n) is 13.6. The van der Waals surface area contributed by atoms with Crippen LogP contribution in [-0.4, -0.2) is 18.4 Å². The maximum atomic E-state index is 12.1. The highest BCUT2D eigenvalue weighted by Crippen LogP contribution is 2.30. The number of rotatable bonds is 6. The average Bonchev–Trinajstić information content (AvgIpc) is 2.50. The molecule has 6 heteroatoms. The molecule has 0 spiro atoms. The van der Waals surface area contributed by atoms with Gasteiger partial charge in [0.1, 0.15) is 0 Å². The van der Waals surface area contributed by atoms with E-state index >= 15 is 0 Å². The van der Waals surface area contributed by atoms with Crippen molar-refractivity contribution in [1.82, 2.24) is 10.6 Å². The van der Waals surface area contributed by atoms with Gasteiger partial charge in [-0.15, -0.1) is 12.4 Å². The van der Waals surface area contributed by atoms with Gasteiger partial charge in [-0.25, -0.2) is 0 Å². The number of amides is 2. The molecule has 1 atom stereocenters. The molecule has 2 rings (SSSR count). The number of carbonyl (C=O) groups excluding carboxylic acids is 2. The van der Waals surface area contributed by atoms with Crippen LogP contribution in [0.15, 0.2) is 18.2 Å². The lowest BCUT2D eigenvalue weighted by molar-refractivity contribution is -0.126. The van der Waals surface area contributed by atoms with Crippen LogP contribution >= 0.6 is 12.4 Å². The number of carbonyl (C=O) groups is 2. The number of nitrogens with one attached hydrogen (secondary N) is 2. The van der Waals surface area contributed by atoms with Crippen molar-refractivity contribution in [1.29, 1.82) is 0 Å². The topological polar surface area (TPSA) is 84.2 Å². The second-order valence-electron chi connectivity index (χ2n) is 5.82. The predicted molar refractivity (Wildman–Crippen MR) is 94.5 cm³/mol. The van der Waals surface area contributed by atoms with E-state index < -0.39 is 0 Å². The fourth-order valence-electron chi connectivity index (χ4n) is 2.83. The van der Waals surface area contributed by atoms with Gasteiger partial charge in [-0.05, 0) is 48.9 Å². The predicted octanol–water partition coefficient (Wildman–Crippen LogP) is 2.49. The van der Waals surface area contributed by atoms with Crippen LogP contribution in [0, 0.1) is 0 Å². The summed E-state index contributed by atoms with van der Waals surface area (Å²) >= 11 is 0. The van der Waals surface area contributed by atoms with E-state index in [1.165, 1.54) is 5.56 Å². The van der Waals surface area contributed by atoms with Gasteiger partial charge < -0.3 is 16.4 Å². The molecule has 1 aromatic carbocycles. The van der Waals surface area contributed by atoms with E-state index in [1.807, 2.05) is 25.1 Å². The van der Waals surface area contributed by atoms with Crippen molar-refractivity contribution in [3.8, 4) is 0 Å². The molecule has 0 radical (unpaired) electrons. The summed E-state index contributed by atoms with van der Waals surface area (Å²) < 4.78 is 0. The minimum atomic E-state index is -0.0682. The Morgan fingerprint density at radius 1 is 1.26 bits per heavy atom. The van der Waals surface area contributed by atoms with Gasteiger partial charge in [0, 0.05) is 25.1 Å². The lowest BCUT2D eigenvalue weighted by Crippen LogP contribution is -2.32. The average molecular weight is 340 g/mol. The molecule has 1 unspecified atom stereocenters. The third-order valence-corrected chi connectivity index (χ3v) is 3.97. The van der Waals surface area contributed by atoms with Crippen LogP contribution in [0.1, 0.15) is 56.2 Å². The molecular weight excluding hydrogens is 314 g/mol. The molecule has 0 heterocycles. The summed E-state index contributed by atoms with van der Waals surface area (Å²) in [6, 6.07) is 5.91. The molecule has 0 bridgehead atoms. The summed E-state index contributed by atoms with van der Waals surface area (Å²) in [5.74, 6) is -0.129. The van der Waals surface area contributed by atoms with E-state index in [1.54, 1.807) is 0 Å². The van der Waals surface area contributed by atoms with Crippen LogP contribution in [0.25, 0.3) is 0 Å². The summed E-state index contributed by atoms with van der Waals surface area (Å²) in [6.45, 7) is 2.66. The second-order valence-corrected chi connectivity index (χ2v) is 5.82. The van der Waals surface area contributed by atoms with Gasteiger partial charge in [0.15, 0.2) is 0 Å². The molecule has 1 aliphatic rings. The van der Waals surface area contributed by atoms with Crippen molar-refractivity contribution in [3.63, 3.8) is 0 Å². The van der Waals surface area contributed by atoms with Gasteiger partial charge in [-0.1, -0.05) is 13.0 Å². The van der Waals surface area contributed by atoms with E-state index in [0.717, 1.165) is 36.9 Å². The summed E-state index contributed by atoms with van der Waals surface area (Å²) in [6.07, 6.45) is 4.36. The first-order valence-corrected chi connectivity index (χ1v) is 8.04. The Hall–Kier alpha value is -1.75. The van der Waals surface area contributed by atoms with Gasteiger partial charge in [-0.2, -0.15) is 0 Å². The van der Waals surface area contributed by atoms with Gasteiger partial charge >= 0.3 is 0 Å². The molecule has 4 N–H and O–H groups in total. The lowest BCUT2D eigenvalue weighted by Gasteiger charge is -2.26. The van der Waals surface area contributed by atoms with E-state index in [-0.39, 0.29) is 43.1 Å². The Balaban J connectivity index is 0.00000264. The van der Waals surface area contributed by atoms with Crippen molar-refractivity contribution in [2.75, 3.05) is 12.3 Å². The Morgan fingerprint density at radius 3 is 2.74 bits per heavy atom. The molecule has 5 nitrogen and oxygen atoms in total. The number of hydrogen-bond donors (Lipinski definition) is 3. The molecule has 1 aliphatic carbocycles. The normalized spacial score (nSPS) is 16.0. The fourth-order valence-corrected chi connectivity index (χ4v) is 2.83. The molecule has 0 fully saturated rings. The first-order valence-electron chi connectivity index (χ1n) is 8.04. The third kappa shape index (κ3) is 5.75. The summed E-state index contributed by atoms with van der Waals surface area (Å²) in [4.78, 5) is 23.6. The highest BCUT2D eigenvalue weighted by molar-refractivity contribution is 5.85. The van der Waals surface area contributed by atoms with Crippen LogP contribution in [0.4, 0.5) is 5.69 Å². The highest BCUT2D eigenvalue weighted by Gasteiger charge is 2.21. The first kappa shape index (κ1) is 19.3. The molecule has 23 heavy (non-hydrogen) atoms. The van der Waals surface area contributed by atoms with Crippen molar-refractivity contribution in [2.45, 2.75) is 51.5 Å². The van der Waals surface area contributed by atoms with Crippen molar-refractivity contribution in [3.05, 3.63) is 29.3 Å². The van der Waals surface area contributed by atoms with Crippen LogP contribution in [0.2, 0.25) is 0 Å². The van der Waals surface area contributed by atoms with Crippen LogP contribution in [0.3, 0.4) is 0 Å². The fraction of sp³-hybridized carbons (Fsp3) is 0.529. The highest BCUT2D eigenvalue weighted by atomic mass is 35.5. The monoisotopic (exact) mass is 339 g/mol. The molecule has 0 aliphatic heterocycles. The lowest BCUT2D eigenvalue weighted by atomic mass is 9.87. The van der Waals surface area contributed by atoms with E-state index in [2.05, 4.69) is 10.6 Å². The maximum Gasteiger partial charge on any atom is 0.220 e. The molecule has 2 amide bonds. The zero-order valence-corrected chi connectivity index (χ0v) is 14.4. The molecule has 0 saturated carbocycles. The van der Waals surface area contributed by atoms with E-state index in [9.17, 15) is 9.59 Å². The van der Waals surface area contributed by atoms with Crippen molar-refractivity contribution >= 4 is 29.9 Å². The number of anilines is 1. The van der Waals surface area contributed by atoms with Crippen molar-refractivity contribution < 1.29 is 9.59 Å². The van der Waals surface area contributed by atoms with Crippen LogP contribution < -0.4 is 16.4 Å². The first-order chi connectivity index (χ1) is 10.6. The minimum absolute atomic E-state index is 0. The quantitative estimate of drug-likeness (QED) is 0.696. The standard InChI is InChI=1S/C17H25N3O2.ClH/c1-2-10-19-16(21)8-9-17(22)20-15-5-3-4-12-11-13(18)6-7-14(12)15;/h6-7,11,15H,2-5,8-10,18H2,1H3,(H,19,21)(H,20,22);1H. The molecule has 0 saturated heterocycles. The largest absolute Gasteiger partial charge is 0.399 e. The number of halogens is 1. The summed E-state index contributed by atoms with van der Waals surface area (Å²) in [5, 5.41) is 5.83. The minimum Gasteiger partial charge on any atom is -0.399 e. The number of aryl methyl sites for hydroxylation is 1. The third-order valence-electron chi connectivity index (χ3n) is 3.97. The van der Waals surface area contributed by atoms with Gasteiger partial charge in [0.25, 0.3) is 0 Å².